The lowest BCUT2D eigenvalue weighted by molar-refractivity contribution is 0.0500. The number of pyridine rings is 1. The van der Waals surface area contributed by atoms with Gasteiger partial charge in [-0.05, 0) is 52.2 Å². The topological polar surface area (TPSA) is 151 Å². The molecule has 1 fully saturated rings. The molecule has 0 radical (unpaired) electrons. The fourth-order valence-electron chi connectivity index (χ4n) is 5.15. The summed E-state index contributed by atoms with van der Waals surface area (Å²) in [6.07, 6.45) is 2.16. The van der Waals surface area contributed by atoms with Crippen LogP contribution in [0.2, 0.25) is 0 Å². The first-order chi connectivity index (χ1) is 20.5. The van der Waals surface area contributed by atoms with Gasteiger partial charge >= 0.3 is 12.2 Å². The number of carbonyl (C=O) groups is 3. The molecule has 43 heavy (non-hydrogen) atoms. The molecule has 1 unspecified atom stereocenters. The Bertz CT molecular complexity index is 1640. The predicted octanol–water partition coefficient (Wildman–Crippen LogP) is 5.92. The highest BCUT2D eigenvalue weighted by Gasteiger charge is 2.27. The number of hydrogen-bond acceptors (Lipinski definition) is 8. The van der Waals surface area contributed by atoms with E-state index >= 15 is 0 Å². The van der Waals surface area contributed by atoms with Gasteiger partial charge in [-0.1, -0.05) is 30.3 Å². The van der Waals surface area contributed by atoms with Crippen LogP contribution in [0.1, 0.15) is 50.4 Å². The van der Waals surface area contributed by atoms with Crippen molar-refractivity contribution in [2.75, 3.05) is 28.6 Å². The van der Waals surface area contributed by atoms with Crippen molar-refractivity contribution < 1.29 is 24.2 Å². The summed E-state index contributed by atoms with van der Waals surface area (Å²) in [5.41, 5.74) is 2.02. The summed E-state index contributed by atoms with van der Waals surface area (Å²) in [6, 6.07) is 13.2. The molecule has 1 saturated heterocycles. The van der Waals surface area contributed by atoms with Crippen LogP contribution in [-0.4, -0.2) is 62.7 Å². The summed E-state index contributed by atoms with van der Waals surface area (Å²) in [7, 11) is 1.80. The van der Waals surface area contributed by atoms with E-state index in [0.29, 0.717) is 41.1 Å². The summed E-state index contributed by atoms with van der Waals surface area (Å²) in [5, 5.41) is 22.4. The van der Waals surface area contributed by atoms with Crippen molar-refractivity contribution in [3.8, 4) is 11.3 Å². The van der Waals surface area contributed by atoms with Crippen LogP contribution < -0.4 is 20.9 Å². The molecule has 1 aliphatic rings. The van der Waals surface area contributed by atoms with Crippen LogP contribution in [0.3, 0.4) is 0 Å². The number of nitrogens with zero attached hydrogens (tertiary/aromatic N) is 4. The molecule has 13 heteroatoms. The number of thiophene rings is 1. The maximum atomic E-state index is 13.8. The molecule has 3 aromatic heterocycles. The van der Waals surface area contributed by atoms with Crippen LogP contribution in [0.5, 0.6) is 0 Å². The highest BCUT2D eigenvalue weighted by Crippen LogP contribution is 2.37. The van der Waals surface area contributed by atoms with Gasteiger partial charge in [-0.15, -0.1) is 11.3 Å². The largest absolute Gasteiger partial charge is 0.465 e. The lowest BCUT2D eigenvalue weighted by Crippen LogP contribution is -2.39. The van der Waals surface area contributed by atoms with Gasteiger partial charge in [-0.2, -0.15) is 5.10 Å². The molecule has 4 heterocycles. The number of rotatable bonds is 6. The van der Waals surface area contributed by atoms with Gasteiger partial charge in [-0.3, -0.25) is 14.8 Å². The first-order valence-electron chi connectivity index (χ1n) is 14.0. The molecule has 226 valence electrons. The second-order valence-corrected chi connectivity index (χ2v) is 12.4. The molecule has 0 spiro atoms. The summed E-state index contributed by atoms with van der Waals surface area (Å²) < 4.78 is 7.80. The first kappa shape index (κ1) is 29.8. The van der Waals surface area contributed by atoms with Gasteiger partial charge in [0.2, 0.25) is 0 Å². The van der Waals surface area contributed by atoms with Crippen LogP contribution >= 0.6 is 11.3 Å². The second kappa shape index (κ2) is 12.3. The number of benzene rings is 1. The summed E-state index contributed by atoms with van der Waals surface area (Å²) in [5.74, 6) is 0.220. The van der Waals surface area contributed by atoms with Crippen molar-refractivity contribution in [1.82, 2.24) is 20.1 Å². The van der Waals surface area contributed by atoms with Gasteiger partial charge in [0.05, 0.1) is 22.1 Å². The predicted molar refractivity (Wildman–Crippen MR) is 167 cm³/mol. The lowest BCUT2D eigenvalue weighted by Gasteiger charge is -2.25. The Kier molecular flexibility index (Phi) is 8.53. The number of ether oxygens (including phenoxy) is 1. The van der Waals surface area contributed by atoms with Crippen molar-refractivity contribution in [3.63, 3.8) is 0 Å². The average Bonchev–Trinajstić information content (AvgIpc) is 3.38. The van der Waals surface area contributed by atoms with Gasteiger partial charge < -0.3 is 25.4 Å². The van der Waals surface area contributed by atoms with E-state index in [9.17, 15) is 19.5 Å². The maximum absolute atomic E-state index is 13.8. The van der Waals surface area contributed by atoms with Crippen LogP contribution in [-0.2, 0) is 11.8 Å². The minimum absolute atomic E-state index is 0.0437. The van der Waals surface area contributed by atoms with Crippen molar-refractivity contribution in [2.24, 2.45) is 7.05 Å². The monoisotopic (exact) mass is 605 g/mol. The van der Waals surface area contributed by atoms with Gasteiger partial charge in [0, 0.05) is 31.7 Å². The molecule has 4 N–H and O–H groups in total. The zero-order valence-electron chi connectivity index (χ0n) is 24.5. The average molecular weight is 606 g/mol. The van der Waals surface area contributed by atoms with Crippen molar-refractivity contribution in [3.05, 3.63) is 54.2 Å². The molecular formula is C30H35N7O5S. The van der Waals surface area contributed by atoms with Crippen molar-refractivity contribution in [1.29, 1.82) is 0 Å². The van der Waals surface area contributed by atoms with Crippen LogP contribution in [0, 0.1) is 0 Å². The summed E-state index contributed by atoms with van der Waals surface area (Å²) >= 11 is 1.15. The fourth-order valence-corrected chi connectivity index (χ4v) is 6.18. The van der Waals surface area contributed by atoms with E-state index in [1.165, 1.54) is 0 Å². The lowest BCUT2D eigenvalue weighted by atomic mass is 10.1. The first-order valence-corrected chi connectivity index (χ1v) is 14.9. The van der Waals surface area contributed by atoms with E-state index in [4.69, 9.17) is 9.72 Å². The Morgan fingerprint density at radius 1 is 1.05 bits per heavy atom. The summed E-state index contributed by atoms with van der Waals surface area (Å²) in [6.45, 7) is 6.81. The highest BCUT2D eigenvalue weighted by atomic mass is 32.1. The summed E-state index contributed by atoms with van der Waals surface area (Å²) in [4.78, 5) is 44.7. The minimum Gasteiger partial charge on any atom is -0.465 e. The third-order valence-corrected chi connectivity index (χ3v) is 8.02. The number of alkyl carbamates (subject to hydrolysis) is 1. The molecule has 1 aromatic carbocycles. The zero-order chi connectivity index (χ0) is 30.7. The number of nitrogens with one attached hydrogen (secondary N) is 3. The molecule has 3 amide bonds. The quantitative estimate of drug-likeness (QED) is 0.211. The van der Waals surface area contributed by atoms with E-state index < -0.39 is 23.7 Å². The Balaban J connectivity index is 1.39. The van der Waals surface area contributed by atoms with E-state index in [1.807, 2.05) is 63.2 Å². The second-order valence-electron chi connectivity index (χ2n) is 11.4. The van der Waals surface area contributed by atoms with E-state index in [0.717, 1.165) is 35.6 Å². The number of aromatic nitrogens is 3. The smallest absolute Gasteiger partial charge is 0.409 e. The molecule has 0 aliphatic carbocycles. The van der Waals surface area contributed by atoms with Crippen molar-refractivity contribution >= 4 is 56.2 Å². The van der Waals surface area contributed by atoms with E-state index in [1.54, 1.807) is 17.9 Å². The van der Waals surface area contributed by atoms with Crippen LogP contribution in [0.25, 0.3) is 21.5 Å². The SMILES string of the molecule is Cn1ncc(NC(=O)c2c(NC(=O)O)sc3ccc(-c4ccccc4)nc23)c1N1CCCC(NC(=O)OC(C)(C)C)CC1. The highest BCUT2D eigenvalue weighted by molar-refractivity contribution is 7.23. The van der Waals surface area contributed by atoms with Crippen LogP contribution in [0.4, 0.5) is 26.1 Å². The molecule has 0 bridgehead atoms. The maximum Gasteiger partial charge on any atom is 0.409 e. The van der Waals surface area contributed by atoms with Gasteiger partial charge in [-0.25, -0.2) is 14.6 Å². The zero-order valence-corrected chi connectivity index (χ0v) is 25.3. The van der Waals surface area contributed by atoms with Crippen LogP contribution in [0.15, 0.2) is 48.7 Å². The Morgan fingerprint density at radius 3 is 2.53 bits per heavy atom. The number of hydrogen-bond donors (Lipinski definition) is 4. The third kappa shape index (κ3) is 7.05. The normalized spacial score (nSPS) is 15.5. The molecule has 1 aliphatic heterocycles. The molecule has 12 nitrogen and oxygen atoms in total. The van der Waals surface area contributed by atoms with Gasteiger partial charge in [0.1, 0.15) is 21.9 Å². The van der Waals surface area contributed by atoms with Crippen molar-refractivity contribution in [2.45, 2.75) is 51.7 Å². The molecule has 5 rings (SSSR count). The van der Waals surface area contributed by atoms with Gasteiger partial charge in [0.25, 0.3) is 5.91 Å². The molecule has 4 aromatic rings. The number of fused-ring (bicyclic) bond motifs is 1. The van der Waals surface area contributed by atoms with E-state index in [2.05, 4.69) is 25.9 Å². The van der Waals surface area contributed by atoms with Gasteiger partial charge in [0.15, 0.2) is 5.82 Å². The molecular weight excluding hydrogens is 570 g/mol. The standard InChI is InChI=1S/C30H35N7O5S/c1-30(2,3)42-29(41)32-19-11-8-15-37(16-14-19)27-21(17-31-36(27)4)34-25(38)23-24-22(43-26(23)35-28(39)40)13-12-20(33-24)18-9-6-5-7-10-18/h5-7,9-10,12-13,17,19,35H,8,11,14-16H2,1-4H3,(H,32,41)(H,34,38)(H,39,40). The molecule has 1 atom stereocenters. The fraction of sp³-hybridized carbons (Fsp3) is 0.367. The Labute approximate surface area is 253 Å². The number of anilines is 3. The Hall–Kier alpha value is -4.65. The number of amides is 3. The third-order valence-electron chi connectivity index (χ3n) is 6.96. The minimum atomic E-state index is -1.27. The number of carbonyl (C=O) groups excluding carboxylic acids is 2. The molecule has 0 saturated carbocycles. The number of carboxylic acid groups (broad SMARTS) is 1. The van der Waals surface area contributed by atoms with E-state index in [-0.39, 0.29) is 16.6 Å². The number of aryl methyl sites for hydroxylation is 1. The Morgan fingerprint density at radius 2 is 1.81 bits per heavy atom.